The van der Waals surface area contributed by atoms with E-state index < -0.39 is 10.0 Å². The van der Waals surface area contributed by atoms with Crippen molar-refractivity contribution in [2.75, 3.05) is 19.8 Å². The molecule has 2 N–H and O–H groups in total. The van der Waals surface area contributed by atoms with Crippen molar-refractivity contribution in [3.05, 3.63) is 28.7 Å². The fourth-order valence-corrected chi connectivity index (χ4v) is 2.91. The molecular formula is C11H16N2O4S. The van der Waals surface area contributed by atoms with Crippen LogP contribution in [-0.2, 0) is 14.8 Å². The maximum atomic E-state index is 11.9. The number of sulfonamides is 1. The van der Waals surface area contributed by atoms with Crippen molar-refractivity contribution >= 4 is 10.0 Å². The Morgan fingerprint density at radius 3 is 2.67 bits per heavy atom. The van der Waals surface area contributed by atoms with Gasteiger partial charge >= 0.3 is 0 Å². The van der Waals surface area contributed by atoms with E-state index in [1.165, 1.54) is 18.3 Å². The van der Waals surface area contributed by atoms with E-state index in [0.717, 1.165) is 12.8 Å². The first kappa shape index (κ1) is 13.3. The molecule has 1 aliphatic rings. The van der Waals surface area contributed by atoms with E-state index >= 15 is 0 Å². The summed E-state index contributed by atoms with van der Waals surface area (Å²) in [5.74, 6) is 0.316. The number of hydrogen-bond donors (Lipinski definition) is 2. The molecule has 1 fully saturated rings. The van der Waals surface area contributed by atoms with Crippen LogP contribution in [0.1, 0.15) is 12.8 Å². The lowest BCUT2D eigenvalue weighted by atomic mass is 10.0. The molecule has 7 heteroatoms. The Balaban J connectivity index is 1.98. The topological polar surface area (TPSA) is 88.3 Å². The quantitative estimate of drug-likeness (QED) is 0.812. The minimum atomic E-state index is -3.54. The first-order chi connectivity index (χ1) is 8.58. The fourth-order valence-electron chi connectivity index (χ4n) is 1.82. The van der Waals surface area contributed by atoms with Crippen LogP contribution >= 0.6 is 0 Å². The SMILES string of the molecule is O=c1ccc(S(=O)(=O)NCC2CCOCC2)c[nH]1. The van der Waals surface area contributed by atoms with Crippen LogP contribution in [-0.4, -0.2) is 33.2 Å². The van der Waals surface area contributed by atoms with Gasteiger partial charge < -0.3 is 9.72 Å². The summed E-state index contributed by atoms with van der Waals surface area (Å²) in [7, 11) is -3.54. The fraction of sp³-hybridized carbons (Fsp3) is 0.545. The normalized spacial score (nSPS) is 17.8. The molecule has 0 aliphatic carbocycles. The Morgan fingerprint density at radius 1 is 1.33 bits per heavy atom. The average Bonchev–Trinajstić information content (AvgIpc) is 2.38. The Bertz CT molecular complexity index is 526. The number of hydrogen-bond acceptors (Lipinski definition) is 4. The van der Waals surface area contributed by atoms with Gasteiger partial charge in [-0.2, -0.15) is 0 Å². The summed E-state index contributed by atoms with van der Waals surface area (Å²) in [4.78, 5) is 13.3. The third-order valence-corrected chi connectivity index (χ3v) is 4.39. The first-order valence-electron chi connectivity index (χ1n) is 5.84. The Kier molecular flexibility index (Phi) is 4.15. The van der Waals surface area contributed by atoms with Crippen LogP contribution in [0.2, 0.25) is 0 Å². The molecule has 100 valence electrons. The monoisotopic (exact) mass is 272 g/mol. The summed E-state index contributed by atoms with van der Waals surface area (Å²) in [6.45, 7) is 1.78. The predicted octanol–water partition coefficient (Wildman–Crippen LogP) is 0.0798. The minimum absolute atomic E-state index is 0.0779. The first-order valence-corrected chi connectivity index (χ1v) is 7.32. The van der Waals surface area contributed by atoms with E-state index in [9.17, 15) is 13.2 Å². The van der Waals surface area contributed by atoms with E-state index in [0.29, 0.717) is 25.7 Å². The lowest BCUT2D eigenvalue weighted by Gasteiger charge is -2.22. The predicted molar refractivity (Wildman–Crippen MR) is 65.8 cm³/mol. The number of H-pyrrole nitrogens is 1. The van der Waals surface area contributed by atoms with Crippen LogP contribution < -0.4 is 10.3 Å². The van der Waals surface area contributed by atoms with E-state index in [-0.39, 0.29) is 10.5 Å². The van der Waals surface area contributed by atoms with Crippen LogP contribution in [0.4, 0.5) is 0 Å². The molecule has 0 saturated carbocycles. The molecule has 6 nitrogen and oxygen atoms in total. The van der Waals surface area contributed by atoms with Gasteiger partial charge in [-0.05, 0) is 24.8 Å². The molecule has 2 rings (SSSR count). The van der Waals surface area contributed by atoms with Crippen molar-refractivity contribution < 1.29 is 13.2 Å². The number of pyridine rings is 1. The number of ether oxygens (including phenoxy) is 1. The highest BCUT2D eigenvalue weighted by molar-refractivity contribution is 7.89. The van der Waals surface area contributed by atoms with E-state index in [1.807, 2.05) is 0 Å². The third kappa shape index (κ3) is 3.41. The average molecular weight is 272 g/mol. The third-order valence-electron chi connectivity index (χ3n) is 2.97. The lowest BCUT2D eigenvalue weighted by molar-refractivity contribution is 0.0678. The molecule has 1 aromatic heterocycles. The van der Waals surface area contributed by atoms with Crippen molar-refractivity contribution in [2.45, 2.75) is 17.7 Å². The van der Waals surface area contributed by atoms with Gasteiger partial charge in [0.05, 0.1) is 4.90 Å². The van der Waals surface area contributed by atoms with Gasteiger partial charge in [-0.3, -0.25) is 4.79 Å². The van der Waals surface area contributed by atoms with Gasteiger partial charge in [-0.15, -0.1) is 0 Å². The van der Waals surface area contributed by atoms with Crippen LogP contribution in [0.5, 0.6) is 0 Å². The second-order valence-corrected chi connectivity index (χ2v) is 6.06. The van der Waals surface area contributed by atoms with Gasteiger partial charge in [-0.25, -0.2) is 13.1 Å². The molecular weight excluding hydrogens is 256 g/mol. The van der Waals surface area contributed by atoms with Crippen LogP contribution in [0.25, 0.3) is 0 Å². The Morgan fingerprint density at radius 2 is 2.06 bits per heavy atom. The van der Waals surface area contributed by atoms with Crippen molar-refractivity contribution in [1.82, 2.24) is 9.71 Å². The smallest absolute Gasteiger partial charge is 0.247 e. The number of nitrogens with one attached hydrogen (secondary N) is 2. The standard InChI is InChI=1S/C11H16N2O4S/c14-11-2-1-10(8-12-11)18(15,16)13-7-9-3-5-17-6-4-9/h1-2,8-9,13H,3-7H2,(H,12,14). The number of aromatic amines is 1. The summed E-state index contributed by atoms with van der Waals surface area (Å²) in [5.41, 5.74) is -0.321. The molecule has 0 spiro atoms. The van der Waals surface area contributed by atoms with Gasteiger partial charge in [0.2, 0.25) is 15.6 Å². The van der Waals surface area contributed by atoms with Gasteiger partial charge in [0, 0.05) is 32.0 Å². The highest BCUT2D eigenvalue weighted by Crippen LogP contribution is 2.14. The van der Waals surface area contributed by atoms with E-state index in [2.05, 4.69) is 9.71 Å². The summed E-state index contributed by atoms with van der Waals surface area (Å²) in [6.07, 6.45) is 2.94. The second kappa shape index (κ2) is 5.64. The maximum absolute atomic E-state index is 11.9. The molecule has 1 aliphatic heterocycles. The molecule has 0 atom stereocenters. The molecule has 0 amide bonds. The Labute approximate surface area is 105 Å². The number of rotatable bonds is 4. The molecule has 2 heterocycles. The second-order valence-electron chi connectivity index (χ2n) is 4.30. The highest BCUT2D eigenvalue weighted by atomic mass is 32.2. The molecule has 0 radical (unpaired) electrons. The van der Waals surface area contributed by atoms with Crippen molar-refractivity contribution in [3.8, 4) is 0 Å². The van der Waals surface area contributed by atoms with Gasteiger partial charge in [0.25, 0.3) is 0 Å². The van der Waals surface area contributed by atoms with Gasteiger partial charge in [-0.1, -0.05) is 0 Å². The summed E-state index contributed by atoms with van der Waals surface area (Å²) in [5, 5.41) is 0. The van der Waals surface area contributed by atoms with Gasteiger partial charge in [0.15, 0.2) is 0 Å². The maximum Gasteiger partial charge on any atom is 0.247 e. The molecule has 0 bridgehead atoms. The van der Waals surface area contributed by atoms with Crippen LogP contribution in [0.3, 0.4) is 0 Å². The highest BCUT2D eigenvalue weighted by Gasteiger charge is 2.18. The zero-order valence-corrected chi connectivity index (χ0v) is 10.7. The molecule has 18 heavy (non-hydrogen) atoms. The molecule has 1 aromatic rings. The van der Waals surface area contributed by atoms with E-state index in [1.54, 1.807) is 0 Å². The molecule has 0 aromatic carbocycles. The van der Waals surface area contributed by atoms with Crippen molar-refractivity contribution in [3.63, 3.8) is 0 Å². The van der Waals surface area contributed by atoms with Crippen LogP contribution in [0, 0.1) is 5.92 Å². The number of aromatic nitrogens is 1. The van der Waals surface area contributed by atoms with E-state index in [4.69, 9.17) is 4.74 Å². The van der Waals surface area contributed by atoms with Crippen molar-refractivity contribution in [1.29, 1.82) is 0 Å². The summed E-state index contributed by atoms with van der Waals surface area (Å²) < 4.78 is 31.6. The zero-order valence-electron chi connectivity index (χ0n) is 9.89. The van der Waals surface area contributed by atoms with Crippen molar-refractivity contribution in [2.24, 2.45) is 5.92 Å². The largest absolute Gasteiger partial charge is 0.381 e. The lowest BCUT2D eigenvalue weighted by Crippen LogP contribution is -2.32. The summed E-state index contributed by atoms with van der Waals surface area (Å²) >= 11 is 0. The molecule has 1 saturated heterocycles. The molecule has 0 unspecified atom stereocenters. The Hall–Kier alpha value is -1.18. The zero-order chi connectivity index (χ0) is 13.0. The van der Waals surface area contributed by atoms with Gasteiger partial charge in [0.1, 0.15) is 0 Å². The van der Waals surface area contributed by atoms with Crippen LogP contribution in [0.15, 0.2) is 28.0 Å². The minimum Gasteiger partial charge on any atom is -0.381 e. The summed E-state index contributed by atoms with van der Waals surface area (Å²) in [6, 6.07) is 2.49.